The van der Waals surface area contributed by atoms with Gasteiger partial charge >= 0.3 is 0 Å². The number of hydrogen-bond donors (Lipinski definition) is 1. The van der Waals surface area contributed by atoms with E-state index >= 15 is 0 Å². The molecule has 1 aliphatic rings. The van der Waals surface area contributed by atoms with E-state index in [1.807, 2.05) is 12.1 Å². The summed E-state index contributed by atoms with van der Waals surface area (Å²) in [4.78, 5) is 0. The zero-order valence-corrected chi connectivity index (χ0v) is 9.99. The van der Waals surface area contributed by atoms with Crippen LogP contribution in [-0.2, 0) is 6.42 Å². The van der Waals surface area contributed by atoms with Gasteiger partial charge in [0.2, 0.25) is 0 Å². The van der Waals surface area contributed by atoms with E-state index in [0.717, 1.165) is 25.2 Å². The van der Waals surface area contributed by atoms with Crippen molar-refractivity contribution >= 4 is 0 Å². The number of nitrogens with two attached hydrogens (primary N) is 1. The molecule has 16 heavy (non-hydrogen) atoms. The fourth-order valence-electron chi connectivity index (χ4n) is 2.30. The number of unbranched alkanes of at least 4 members (excludes halogenated alkanes) is 1. The Hall–Kier alpha value is -1.02. The van der Waals surface area contributed by atoms with Gasteiger partial charge in [-0.3, -0.25) is 0 Å². The van der Waals surface area contributed by atoms with Crippen LogP contribution in [0.3, 0.4) is 0 Å². The lowest BCUT2D eigenvalue weighted by atomic mass is 9.88. The number of para-hydroxylation sites is 1. The number of rotatable bonds is 4. The smallest absolute Gasteiger partial charge is 0.122 e. The molecule has 88 valence electrons. The van der Waals surface area contributed by atoms with Crippen molar-refractivity contribution < 1.29 is 4.74 Å². The summed E-state index contributed by atoms with van der Waals surface area (Å²) in [5, 5.41) is 0. The largest absolute Gasteiger partial charge is 0.493 e. The minimum Gasteiger partial charge on any atom is -0.493 e. The summed E-state index contributed by atoms with van der Waals surface area (Å²) in [6, 6.07) is 8.57. The zero-order chi connectivity index (χ0) is 11.4. The lowest BCUT2D eigenvalue weighted by molar-refractivity contribution is 0.194. The van der Waals surface area contributed by atoms with E-state index in [4.69, 9.17) is 10.5 Å². The first-order valence-corrected chi connectivity index (χ1v) is 6.27. The average Bonchev–Trinajstić information content (AvgIpc) is 2.35. The Morgan fingerprint density at radius 2 is 2.25 bits per heavy atom. The van der Waals surface area contributed by atoms with E-state index in [-0.39, 0.29) is 6.04 Å². The molecular formula is C14H21NO. The number of fused-ring (bicyclic) bond motifs is 1. The Kier molecular flexibility index (Phi) is 3.83. The third-order valence-corrected chi connectivity index (χ3v) is 3.40. The van der Waals surface area contributed by atoms with Gasteiger partial charge in [-0.1, -0.05) is 38.0 Å². The van der Waals surface area contributed by atoms with Crippen molar-refractivity contribution in [3.63, 3.8) is 0 Å². The summed E-state index contributed by atoms with van der Waals surface area (Å²) in [5.41, 5.74) is 7.52. The Morgan fingerprint density at radius 1 is 1.44 bits per heavy atom. The van der Waals surface area contributed by atoms with Gasteiger partial charge < -0.3 is 10.5 Å². The summed E-state index contributed by atoms with van der Waals surface area (Å²) in [6.45, 7) is 2.99. The average molecular weight is 219 g/mol. The molecule has 0 saturated heterocycles. The molecule has 1 aromatic carbocycles. The normalized spacial score (nSPS) is 21.0. The van der Waals surface area contributed by atoms with Crippen molar-refractivity contribution in [1.82, 2.24) is 0 Å². The molecule has 0 aliphatic carbocycles. The number of hydrogen-bond acceptors (Lipinski definition) is 2. The van der Waals surface area contributed by atoms with Crippen LogP contribution in [0.15, 0.2) is 24.3 Å². The molecule has 0 bridgehead atoms. The summed E-state index contributed by atoms with van der Waals surface area (Å²) < 4.78 is 5.76. The third-order valence-electron chi connectivity index (χ3n) is 3.40. The first-order chi connectivity index (χ1) is 7.81. The Labute approximate surface area is 97.8 Å². The topological polar surface area (TPSA) is 35.2 Å². The highest BCUT2D eigenvalue weighted by molar-refractivity contribution is 5.35. The fourth-order valence-corrected chi connectivity index (χ4v) is 2.30. The molecule has 0 spiro atoms. The van der Waals surface area contributed by atoms with Gasteiger partial charge in [0.25, 0.3) is 0 Å². The first kappa shape index (κ1) is 11.5. The van der Waals surface area contributed by atoms with E-state index < -0.39 is 0 Å². The number of ether oxygens (including phenoxy) is 1. The van der Waals surface area contributed by atoms with Crippen LogP contribution in [0.1, 0.15) is 31.7 Å². The van der Waals surface area contributed by atoms with Gasteiger partial charge in [0, 0.05) is 12.0 Å². The number of benzene rings is 1. The summed E-state index contributed by atoms with van der Waals surface area (Å²) in [6.07, 6.45) is 4.63. The van der Waals surface area contributed by atoms with Gasteiger partial charge in [-0.05, 0) is 24.5 Å². The third kappa shape index (κ3) is 2.56. The summed E-state index contributed by atoms with van der Waals surface area (Å²) in [7, 11) is 0. The van der Waals surface area contributed by atoms with Crippen LogP contribution in [0.4, 0.5) is 0 Å². The van der Waals surface area contributed by atoms with Crippen LogP contribution in [0.25, 0.3) is 0 Å². The molecule has 0 amide bonds. The van der Waals surface area contributed by atoms with Crippen molar-refractivity contribution in [3.8, 4) is 5.75 Å². The Bertz CT molecular complexity index is 337. The van der Waals surface area contributed by atoms with Crippen molar-refractivity contribution in [1.29, 1.82) is 0 Å². The van der Waals surface area contributed by atoms with Gasteiger partial charge in [0.1, 0.15) is 5.75 Å². The lowest BCUT2D eigenvalue weighted by Crippen LogP contribution is -2.37. The molecule has 2 unspecified atom stereocenters. The maximum absolute atomic E-state index is 6.21. The maximum Gasteiger partial charge on any atom is 0.122 e. The van der Waals surface area contributed by atoms with Gasteiger partial charge in [-0.25, -0.2) is 0 Å². The SMILES string of the molecule is CCCCC(N)C1COc2ccccc2C1. The molecule has 0 fully saturated rings. The predicted molar refractivity (Wildman–Crippen MR) is 66.6 cm³/mol. The van der Waals surface area contributed by atoms with E-state index in [9.17, 15) is 0 Å². The van der Waals surface area contributed by atoms with Gasteiger partial charge in [-0.15, -0.1) is 0 Å². The lowest BCUT2D eigenvalue weighted by Gasteiger charge is -2.29. The highest BCUT2D eigenvalue weighted by atomic mass is 16.5. The minimum atomic E-state index is 0.285. The molecule has 2 heteroatoms. The zero-order valence-electron chi connectivity index (χ0n) is 9.99. The molecule has 1 heterocycles. The van der Waals surface area contributed by atoms with Crippen molar-refractivity contribution in [2.24, 2.45) is 11.7 Å². The monoisotopic (exact) mass is 219 g/mol. The second-order valence-corrected chi connectivity index (χ2v) is 4.69. The maximum atomic E-state index is 6.21. The van der Waals surface area contributed by atoms with Crippen LogP contribution in [0, 0.1) is 5.92 Å². The van der Waals surface area contributed by atoms with E-state index in [0.29, 0.717) is 5.92 Å². The summed E-state index contributed by atoms with van der Waals surface area (Å²) in [5.74, 6) is 1.53. The fraction of sp³-hybridized carbons (Fsp3) is 0.571. The standard InChI is InChI=1S/C14H21NO/c1-2-3-7-13(15)12-9-11-6-4-5-8-14(11)16-10-12/h4-6,8,12-13H,2-3,7,9-10,15H2,1H3. The van der Waals surface area contributed by atoms with Crippen molar-refractivity contribution in [2.75, 3.05) is 6.61 Å². The van der Waals surface area contributed by atoms with Gasteiger partial charge in [-0.2, -0.15) is 0 Å². The van der Waals surface area contributed by atoms with E-state index in [1.165, 1.54) is 18.4 Å². The van der Waals surface area contributed by atoms with Crippen LogP contribution >= 0.6 is 0 Å². The second-order valence-electron chi connectivity index (χ2n) is 4.69. The summed E-state index contributed by atoms with van der Waals surface area (Å²) >= 11 is 0. The first-order valence-electron chi connectivity index (χ1n) is 6.27. The van der Waals surface area contributed by atoms with Crippen LogP contribution in [0.5, 0.6) is 5.75 Å². The molecule has 0 aromatic heterocycles. The molecule has 1 aromatic rings. The molecule has 0 radical (unpaired) electrons. The minimum absolute atomic E-state index is 0.285. The van der Waals surface area contributed by atoms with E-state index in [2.05, 4.69) is 19.1 Å². The second kappa shape index (κ2) is 5.35. The molecule has 2 rings (SSSR count). The van der Waals surface area contributed by atoms with Gasteiger partial charge in [0.15, 0.2) is 0 Å². The van der Waals surface area contributed by atoms with Crippen molar-refractivity contribution in [2.45, 2.75) is 38.6 Å². The van der Waals surface area contributed by atoms with Crippen LogP contribution < -0.4 is 10.5 Å². The van der Waals surface area contributed by atoms with Crippen molar-refractivity contribution in [3.05, 3.63) is 29.8 Å². The Morgan fingerprint density at radius 3 is 3.06 bits per heavy atom. The van der Waals surface area contributed by atoms with Crippen LogP contribution in [0.2, 0.25) is 0 Å². The van der Waals surface area contributed by atoms with Gasteiger partial charge in [0.05, 0.1) is 6.61 Å². The molecule has 0 saturated carbocycles. The molecular weight excluding hydrogens is 198 g/mol. The quantitative estimate of drug-likeness (QED) is 0.845. The molecule has 2 nitrogen and oxygen atoms in total. The molecule has 2 atom stereocenters. The van der Waals surface area contributed by atoms with Crippen LogP contribution in [-0.4, -0.2) is 12.6 Å². The highest BCUT2D eigenvalue weighted by Gasteiger charge is 2.24. The molecule has 2 N–H and O–H groups in total. The highest BCUT2D eigenvalue weighted by Crippen LogP contribution is 2.28. The Balaban J connectivity index is 1.97. The van der Waals surface area contributed by atoms with E-state index in [1.54, 1.807) is 0 Å². The molecule has 1 aliphatic heterocycles. The predicted octanol–water partition coefficient (Wildman–Crippen LogP) is 2.76.